The molecule has 2 rings (SSSR count). The molecule has 0 spiro atoms. The van der Waals surface area contributed by atoms with Crippen LogP contribution < -0.4 is 5.73 Å². The summed E-state index contributed by atoms with van der Waals surface area (Å²) in [5, 5.41) is 8.13. The topological polar surface area (TPSA) is 64.7 Å². The number of nitrogen functional groups attached to an aromatic ring is 1. The first kappa shape index (κ1) is 10.5. The maximum atomic E-state index is 5.90. The minimum absolute atomic E-state index is 0.587. The average molecular weight is 214 g/mol. The van der Waals surface area contributed by atoms with Crippen molar-refractivity contribution in [2.75, 3.05) is 5.73 Å². The Morgan fingerprint density at radius 2 is 1.75 bits per heavy atom. The van der Waals surface area contributed by atoms with Gasteiger partial charge >= 0.3 is 0 Å². The maximum Gasteiger partial charge on any atom is 0.184 e. The van der Waals surface area contributed by atoms with Crippen LogP contribution in [0.4, 0.5) is 5.69 Å². The van der Waals surface area contributed by atoms with Crippen molar-refractivity contribution >= 4 is 5.69 Å². The van der Waals surface area contributed by atoms with Crippen LogP contribution in [0.5, 0.6) is 0 Å². The van der Waals surface area contributed by atoms with Gasteiger partial charge in [0.15, 0.2) is 5.82 Å². The lowest BCUT2D eigenvalue weighted by Crippen LogP contribution is -2.01. The molecule has 2 aromatic rings. The first-order chi connectivity index (χ1) is 7.58. The van der Waals surface area contributed by atoms with E-state index in [1.54, 1.807) is 0 Å². The molecule has 4 heteroatoms. The molecule has 0 fully saturated rings. The standard InChI is InChI=1S/C12H14N4/c1-7-4-5-11(13)10(6-7)12-14-8(2)9(3)15-16-12/h4-6H,13H2,1-3H3. The monoisotopic (exact) mass is 214 g/mol. The van der Waals surface area contributed by atoms with E-state index in [9.17, 15) is 0 Å². The predicted molar refractivity (Wildman–Crippen MR) is 63.9 cm³/mol. The van der Waals surface area contributed by atoms with Crippen molar-refractivity contribution in [1.29, 1.82) is 0 Å². The molecule has 0 unspecified atom stereocenters. The fourth-order valence-corrected chi connectivity index (χ4v) is 1.43. The van der Waals surface area contributed by atoms with Crippen LogP contribution >= 0.6 is 0 Å². The summed E-state index contributed by atoms with van der Waals surface area (Å²) in [4.78, 5) is 4.39. The summed E-state index contributed by atoms with van der Waals surface area (Å²) in [6, 6.07) is 5.80. The molecule has 0 saturated carbocycles. The van der Waals surface area contributed by atoms with Crippen LogP contribution in [0.15, 0.2) is 18.2 Å². The normalized spacial score (nSPS) is 10.4. The Morgan fingerprint density at radius 1 is 1.00 bits per heavy atom. The van der Waals surface area contributed by atoms with Gasteiger partial charge in [0.05, 0.1) is 11.4 Å². The Kier molecular flexibility index (Phi) is 2.56. The van der Waals surface area contributed by atoms with Gasteiger partial charge in [-0.25, -0.2) is 4.98 Å². The molecule has 2 N–H and O–H groups in total. The Labute approximate surface area is 94.6 Å². The minimum atomic E-state index is 0.587. The fourth-order valence-electron chi connectivity index (χ4n) is 1.43. The number of anilines is 1. The molecule has 0 radical (unpaired) electrons. The van der Waals surface area contributed by atoms with E-state index in [-0.39, 0.29) is 0 Å². The molecule has 1 aromatic carbocycles. The Bertz CT molecular complexity index is 535. The summed E-state index contributed by atoms with van der Waals surface area (Å²) in [5.41, 5.74) is 10.3. The summed E-state index contributed by atoms with van der Waals surface area (Å²) < 4.78 is 0. The van der Waals surface area contributed by atoms with Gasteiger partial charge in [-0.3, -0.25) is 0 Å². The summed E-state index contributed by atoms with van der Waals surface area (Å²) in [6.07, 6.45) is 0. The molecule has 0 amide bonds. The molecule has 0 aliphatic rings. The van der Waals surface area contributed by atoms with Crippen LogP contribution in [0.25, 0.3) is 11.4 Å². The van der Waals surface area contributed by atoms with Gasteiger partial charge < -0.3 is 5.73 Å². The van der Waals surface area contributed by atoms with Gasteiger partial charge in [-0.2, -0.15) is 5.10 Å². The van der Waals surface area contributed by atoms with Gasteiger partial charge in [0, 0.05) is 11.3 Å². The zero-order valence-electron chi connectivity index (χ0n) is 9.65. The Balaban J connectivity index is 2.58. The molecule has 0 aliphatic carbocycles. The van der Waals surface area contributed by atoms with E-state index in [4.69, 9.17) is 5.73 Å². The van der Waals surface area contributed by atoms with Crippen molar-refractivity contribution in [2.24, 2.45) is 0 Å². The van der Waals surface area contributed by atoms with Crippen LogP contribution in [0.3, 0.4) is 0 Å². The Morgan fingerprint density at radius 3 is 2.44 bits per heavy atom. The first-order valence-corrected chi connectivity index (χ1v) is 5.12. The van der Waals surface area contributed by atoms with Crippen molar-refractivity contribution in [3.8, 4) is 11.4 Å². The van der Waals surface area contributed by atoms with E-state index >= 15 is 0 Å². The van der Waals surface area contributed by atoms with Crippen LogP contribution in [0.1, 0.15) is 17.0 Å². The second-order valence-corrected chi connectivity index (χ2v) is 3.90. The third-order valence-electron chi connectivity index (χ3n) is 2.54. The third-order valence-corrected chi connectivity index (χ3v) is 2.54. The molecule has 0 atom stereocenters. The summed E-state index contributed by atoms with van der Waals surface area (Å²) in [5.74, 6) is 0.587. The number of aryl methyl sites for hydroxylation is 3. The van der Waals surface area contributed by atoms with E-state index in [0.29, 0.717) is 11.5 Å². The molecule has 4 nitrogen and oxygen atoms in total. The number of nitrogens with zero attached hydrogens (tertiary/aromatic N) is 3. The molecule has 1 heterocycles. The van der Waals surface area contributed by atoms with Crippen molar-refractivity contribution in [1.82, 2.24) is 15.2 Å². The molecule has 0 bridgehead atoms. The van der Waals surface area contributed by atoms with Crippen molar-refractivity contribution < 1.29 is 0 Å². The van der Waals surface area contributed by atoms with Crippen LogP contribution in [0, 0.1) is 20.8 Å². The summed E-state index contributed by atoms with van der Waals surface area (Å²) in [6.45, 7) is 5.82. The van der Waals surface area contributed by atoms with Gasteiger partial charge in [-0.15, -0.1) is 5.10 Å². The van der Waals surface area contributed by atoms with Gasteiger partial charge in [-0.1, -0.05) is 11.6 Å². The second-order valence-electron chi connectivity index (χ2n) is 3.90. The van der Waals surface area contributed by atoms with E-state index in [1.165, 1.54) is 0 Å². The van der Waals surface area contributed by atoms with E-state index in [2.05, 4.69) is 15.2 Å². The van der Waals surface area contributed by atoms with Crippen molar-refractivity contribution in [3.63, 3.8) is 0 Å². The second kappa shape index (κ2) is 3.89. The van der Waals surface area contributed by atoms with Gasteiger partial charge in [0.1, 0.15) is 0 Å². The molecule has 1 aromatic heterocycles. The Hall–Kier alpha value is -1.97. The number of rotatable bonds is 1. The van der Waals surface area contributed by atoms with Crippen LogP contribution in [0.2, 0.25) is 0 Å². The highest BCUT2D eigenvalue weighted by Crippen LogP contribution is 2.23. The van der Waals surface area contributed by atoms with Crippen LogP contribution in [-0.4, -0.2) is 15.2 Å². The smallest absolute Gasteiger partial charge is 0.184 e. The maximum absolute atomic E-state index is 5.90. The fraction of sp³-hybridized carbons (Fsp3) is 0.250. The highest BCUT2D eigenvalue weighted by atomic mass is 15.2. The summed E-state index contributed by atoms with van der Waals surface area (Å²) in [7, 11) is 0. The highest BCUT2D eigenvalue weighted by molar-refractivity contribution is 5.71. The largest absolute Gasteiger partial charge is 0.398 e. The first-order valence-electron chi connectivity index (χ1n) is 5.12. The molecule has 0 saturated heterocycles. The van der Waals surface area contributed by atoms with Gasteiger partial charge in [0.2, 0.25) is 0 Å². The van der Waals surface area contributed by atoms with E-state index in [1.807, 2.05) is 39.0 Å². The molecule has 16 heavy (non-hydrogen) atoms. The average Bonchev–Trinajstić information content (AvgIpc) is 2.26. The summed E-state index contributed by atoms with van der Waals surface area (Å²) >= 11 is 0. The van der Waals surface area contributed by atoms with Crippen molar-refractivity contribution in [2.45, 2.75) is 20.8 Å². The van der Waals surface area contributed by atoms with Crippen molar-refractivity contribution in [3.05, 3.63) is 35.2 Å². The number of hydrogen-bond acceptors (Lipinski definition) is 4. The quantitative estimate of drug-likeness (QED) is 0.738. The number of hydrogen-bond donors (Lipinski definition) is 1. The highest BCUT2D eigenvalue weighted by Gasteiger charge is 2.08. The van der Waals surface area contributed by atoms with Gasteiger partial charge in [-0.05, 0) is 32.9 Å². The van der Waals surface area contributed by atoms with Gasteiger partial charge in [0.25, 0.3) is 0 Å². The minimum Gasteiger partial charge on any atom is -0.398 e. The number of benzene rings is 1. The molecular weight excluding hydrogens is 200 g/mol. The lowest BCUT2D eigenvalue weighted by atomic mass is 10.1. The number of nitrogens with two attached hydrogens (primary N) is 1. The zero-order valence-corrected chi connectivity index (χ0v) is 9.65. The SMILES string of the molecule is Cc1ccc(N)c(-c2nnc(C)c(C)n2)c1. The predicted octanol–water partition coefficient (Wildman–Crippen LogP) is 2.05. The molecule has 0 aliphatic heterocycles. The lowest BCUT2D eigenvalue weighted by molar-refractivity contribution is 0.905. The lowest BCUT2D eigenvalue weighted by Gasteiger charge is -2.06. The zero-order chi connectivity index (χ0) is 11.7. The third kappa shape index (κ3) is 1.86. The molecular formula is C12H14N4. The molecule has 82 valence electrons. The number of aromatic nitrogens is 3. The van der Waals surface area contributed by atoms with E-state index in [0.717, 1.165) is 22.5 Å². The van der Waals surface area contributed by atoms with Crippen LogP contribution in [-0.2, 0) is 0 Å². The van der Waals surface area contributed by atoms with E-state index < -0.39 is 0 Å².